The lowest BCUT2D eigenvalue weighted by Gasteiger charge is -2.22. The van der Waals surface area contributed by atoms with E-state index in [-0.39, 0.29) is 0 Å². The first kappa shape index (κ1) is 12.9. The van der Waals surface area contributed by atoms with Gasteiger partial charge in [0, 0.05) is 6.42 Å². The Hall–Kier alpha value is -1.55. The number of carboxylic acid groups (broad SMARTS) is 1. The lowest BCUT2D eigenvalue weighted by atomic mass is 9.86. The molecule has 0 heterocycles. The van der Waals surface area contributed by atoms with Crippen LogP contribution in [0.5, 0.6) is 5.75 Å². The minimum absolute atomic E-state index is 0.335. The number of hydrogen-bond acceptors (Lipinski definition) is 3. The molecule has 1 aliphatic rings. The van der Waals surface area contributed by atoms with Crippen LogP contribution in [-0.4, -0.2) is 24.2 Å². The van der Waals surface area contributed by atoms with E-state index in [0.717, 1.165) is 30.6 Å². The highest BCUT2D eigenvalue weighted by Gasteiger charge is 2.21. The van der Waals surface area contributed by atoms with E-state index >= 15 is 0 Å². The summed E-state index contributed by atoms with van der Waals surface area (Å²) in [5.74, 6) is -0.210. The lowest BCUT2D eigenvalue weighted by Crippen LogP contribution is -2.33. The Kier molecular flexibility index (Phi) is 3.87. The Morgan fingerprint density at radius 3 is 2.83 bits per heavy atom. The summed E-state index contributed by atoms with van der Waals surface area (Å²) in [6.45, 7) is 0. The molecule has 18 heavy (non-hydrogen) atoms. The molecule has 1 aromatic carbocycles. The number of methoxy groups -OCH3 is 1. The molecule has 1 atom stereocenters. The smallest absolute Gasteiger partial charge is 0.320 e. The number of carbonyl (C=O) groups is 1. The van der Waals surface area contributed by atoms with Gasteiger partial charge in [-0.25, -0.2) is 0 Å². The predicted octanol–water partition coefficient (Wildman–Crippen LogP) is 1.53. The SMILES string of the molecule is COc1ccc2c(c1CC(N)C(=O)O)CCCC2. The van der Waals surface area contributed by atoms with Gasteiger partial charge in [-0.1, -0.05) is 6.07 Å². The van der Waals surface area contributed by atoms with Crippen LogP contribution >= 0.6 is 0 Å². The third-order valence-electron chi connectivity index (χ3n) is 3.57. The molecule has 4 heteroatoms. The van der Waals surface area contributed by atoms with E-state index in [1.807, 2.05) is 6.07 Å². The maximum Gasteiger partial charge on any atom is 0.320 e. The van der Waals surface area contributed by atoms with Crippen molar-refractivity contribution in [3.8, 4) is 5.75 Å². The van der Waals surface area contributed by atoms with E-state index < -0.39 is 12.0 Å². The number of carboxylic acids is 1. The van der Waals surface area contributed by atoms with Gasteiger partial charge in [-0.05, 0) is 48.4 Å². The highest BCUT2D eigenvalue weighted by molar-refractivity contribution is 5.74. The Balaban J connectivity index is 2.38. The second-order valence-corrected chi connectivity index (χ2v) is 4.74. The summed E-state index contributed by atoms with van der Waals surface area (Å²) in [5.41, 5.74) is 9.19. The highest BCUT2D eigenvalue weighted by atomic mass is 16.5. The second-order valence-electron chi connectivity index (χ2n) is 4.74. The number of rotatable bonds is 4. The van der Waals surface area contributed by atoms with Crippen molar-refractivity contribution in [1.29, 1.82) is 0 Å². The average molecular weight is 249 g/mol. The number of aryl methyl sites for hydroxylation is 1. The number of aliphatic carboxylic acids is 1. The molecule has 0 radical (unpaired) electrons. The fraction of sp³-hybridized carbons (Fsp3) is 0.500. The molecule has 1 unspecified atom stereocenters. The van der Waals surface area contributed by atoms with Gasteiger partial charge in [-0.2, -0.15) is 0 Å². The van der Waals surface area contributed by atoms with E-state index in [9.17, 15) is 4.79 Å². The van der Waals surface area contributed by atoms with Crippen molar-refractivity contribution < 1.29 is 14.6 Å². The molecule has 0 aliphatic heterocycles. The van der Waals surface area contributed by atoms with Gasteiger partial charge in [-0.3, -0.25) is 4.79 Å². The van der Waals surface area contributed by atoms with Gasteiger partial charge in [0.1, 0.15) is 11.8 Å². The molecular formula is C14H19NO3. The Labute approximate surface area is 107 Å². The fourth-order valence-electron chi connectivity index (χ4n) is 2.61. The zero-order chi connectivity index (χ0) is 13.1. The van der Waals surface area contributed by atoms with E-state index in [1.165, 1.54) is 17.5 Å². The summed E-state index contributed by atoms with van der Waals surface area (Å²) in [7, 11) is 1.61. The standard InChI is InChI=1S/C14H19NO3/c1-18-13-7-6-9-4-2-3-5-10(9)11(13)8-12(15)14(16)17/h6-7,12H,2-5,8,15H2,1H3,(H,16,17). The van der Waals surface area contributed by atoms with Crippen LogP contribution in [-0.2, 0) is 24.1 Å². The van der Waals surface area contributed by atoms with Gasteiger partial charge < -0.3 is 15.6 Å². The first-order valence-electron chi connectivity index (χ1n) is 6.29. The second kappa shape index (κ2) is 5.40. The summed E-state index contributed by atoms with van der Waals surface area (Å²) in [6.07, 6.45) is 4.74. The van der Waals surface area contributed by atoms with Gasteiger partial charge >= 0.3 is 5.97 Å². The first-order valence-corrected chi connectivity index (χ1v) is 6.29. The molecule has 0 spiro atoms. The van der Waals surface area contributed by atoms with E-state index in [0.29, 0.717) is 6.42 Å². The largest absolute Gasteiger partial charge is 0.496 e. The minimum atomic E-state index is -0.967. The van der Waals surface area contributed by atoms with Crippen LogP contribution in [0.3, 0.4) is 0 Å². The summed E-state index contributed by atoms with van der Waals surface area (Å²) < 4.78 is 5.34. The predicted molar refractivity (Wildman–Crippen MR) is 69.0 cm³/mol. The topological polar surface area (TPSA) is 72.5 Å². The number of hydrogen-bond donors (Lipinski definition) is 2. The third-order valence-corrected chi connectivity index (χ3v) is 3.57. The average Bonchev–Trinajstić information content (AvgIpc) is 2.39. The van der Waals surface area contributed by atoms with Gasteiger partial charge in [0.05, 0.1) is 7.11 Å². The fourth-order valence-corrected chi connectivity index (χ4v) is 2.61. The monoisotopic (exact) mass is 249 g/mol. The Morgan fingerprint density at radius 1 is 1.44 bits per heavy atom. The van der Waals surface area contributed by atoms with Crippen LogP contribution in [0.1, 0.15) is 29.5 Å². The van der Waals surface area contributed by atoms with Gasteiger partial charge in [0.15, 0.2) is 0 Å². The molecule has 0 saturated carbocycles. The molecule has 3 N–H and O–H groups in total. The molecule has 98 valence electrons. The van der Waals surface area contributed by atoms with Crippen LogP contribution in [0.2, 0.25) is 0 Å². The number of benzene rings is 1. The number of fused-ring (bicyclic) bond motifs is 1. The quantitative estimate of drug-likeness (QED) is 0.848. The maximum absolute atomic E-state index is 10.9. The van der Waals surface area contributed by atoms with Crippen molar-refractivity contribution in [3.05, 3.63) is 28.8 Å². The summed E-state index contributed by atoms with van der Waals surface area (Å²) in [4.78, 5) is 10.9. The molecule has 0 amide bonds. The van der Waals surface area contributed by atoms with Gasteiger partial charge in [0.2, 0.25) is 0 Å². The van der Waals surface area contributed by atoms with Crippen LogP contribution in [0.25, 0.3) is 0 Å². The van der Waals surface area contributed by atoms with E-state index in [4.69, 9.17) is 15.6 Å². The van der Waals surface area contributed by atoms with Crippen molar-refractivity contribution in [2.24, 2.45) is 5.73 Å². The number of nitrogens with two attached hydrogens (primary N) is 1. The van der Waals surface area contributed by atoms with Crippen LogP contribution in [0, 0.1) is 0 Å². The maximum atomic E-state index is 10.9. The molecular weight excluding hydrogens is 230 g/mol. The van der Waals surface area contributed by atoms with Crippen molar-refractivity contribution in [1.82, 2.24) is 0 Å². The lowest BCUT2D eigenvalue weighted by molar-refractivity contribution is -0.138. The molecule has 0 saturated heterocycles. The highest BCUT2D eigenvalue weighted by Crippen LogP contribution is 2.31. The first-order chi connectivity index (χ1) is 8.63. The molecule has 1 aromatic rings. The molecule has 0 aromatic heterocycles. The summed E-state index contributed by atoms with van der Waals surface area (Å²) in [5, 5.41) is 8.95. The van der Waals surface area contributed by atoms with E-state index in [2.05, 4.69) is 6.07 Å². The summed E-state index contributed by atoms with van der Waals surface area (Å²) >= 11 is 0. The zero-order valence-corrected chi connectivity index (χ0v) is 10.6. The Morgan fingerprint density at radius 2 is 2.17 bits per heavy atom. The molecule has 0 fully saturated rings. The van der Waals surface area contributed by atoms with Crippen LogP contribution < -0.4 is 10.5 Å². The van der Waals surface area contributed by atoms with Gasteiger partial charge in [0.25, 0.3) is 0 Å². The molecule has 4 nitrogen and oxygen atoms in total. The van der Waals surface area contributed by atoms with Crippen LogP contribution in [0.15, 0.2) is 12.1 Å². The van der Waals surface area contributed by atoms with Gasteiger partial charge in [-0.15, -0.1) is 0 Å². The zero-order valence-electron chi connectivity index (χ0n) is 10.6. The molecule has 1 aliphatic carbocycles. The van der Waals surface area contributed by atoms with Crippen molar-refractivity contribution in [2.45, 2.75) is 38.1 Å². The normalized spacial score (nSPS) is 15.9. The van der Waals surface area contributed by atoms with Crippen LogP contribution in [0.4, 0.5) is 0 Å². The number of ether oxygens (including phenoxy) is 1. The Bertz CT molecular complexity index is 457. The molecule has 0 bridgehead atoms. The molecule has 2 rings (SSSR count). The minimum Gasteiger partial charge on any atom is -0.496 e. The van der Waals surface area contributed by atoms with Crippen molar-refractivity contribution >= 4 is 5.97 Å². The third kappa shape index (κ3) is 2.48. The van der Waals surface area contributed by atoms with E-state index in [1.54, 1.807) is 7.11 Å². The van der Waals surface area contributed by atoms with Crippen molar-refractivity contribution in [3.63, 3.8) is 0 Å². The van der Waals surface area contributed by atoms with Crippen molar-refractivity contribution in [2.75, 3.05) is 7.11 Å². The summed E-state index contributed by atoms with van der Waals surface area (Å²) in [6, 6.07) is 3.14.